The van der Waals surface area contributed by atoms with Gasteiger partial charge < -0.3 is 19.3 Å². The number of benzene rings is 2. The van der Waals surface area contributed by atoms with E-state index in [4.69, 9.17) is 9.47 Å². The highest BCUT2D eigenvalue weighted by atomic mass is 16.6. The molecule has 0 aliphatic carbocycles. The molecule has 0 N–H and O–H groups in total. The van der Waals surface area contributed by atoms with Crippen molar-refractivity contribution in [2.24, 2.45) is 0 Å². The summed E-state index contributed by atoms with van der Waals surface area (Å²) < 4.78 is 11.1. The molecular weight excluding hydrogens is 380 g/mol. The molecule has 0 radical (unpaired) electrons. The van der Waals surface area contributed by atoms with Gasteiger partial charge in [0.25, 0.3) is 0 Å². The average molecular weight is 408 g/mol. The van der Waals surface area contributed by atoms with Gasteiger partial charge >= 0.3 is 12.2 Å². The maximum absolute atomic E-state index is 12.7. The molecule has 0 bridgehead atoms. The molecule has 6 heteroatoms. The van der Waals surface area contributed by atoms with E-state index in [9.17, 15) is 9.59 Å². The summed E-state index contributed by atoms with van der Waals surface area (Å²) in [7, 11) is 0. The second kappa shape index (κ2) is 9.65. The van der Waals surface area contributed by atoms with Crippen molar-refractivity contribution in [2.45, 2.75) is 51.0 Å². The summed E-state index contributed by atoms with van der Waals surface area (Å²) >= 11 is 0. The molecule has 4 rings (SSSR count). The maximum atomic E-state index is 12.7. The minimum absolute atomic E-state index is 0.0138. The number of hydrogen-bond acceptors (Lipinski definition) is 4. The zero-order chi connectivity index (χ0) is 20.8. The molecule has 0 unspecified atom stereocenters. The Bertz CT molecular complexity index is 771. The van der Waals surface area contributed by atoms with Gasteiger partial charge in [-0.25, -0.2) is 9.59 Å². The van der Waals surface area contributed by atoms with Crippen LogP contribution in [0.3, 0.4) is 0 Å². The smallest absolute Gasteiger partial charge is 0.410 e. The van der Waals surface area contributed by atoms with Crippen LogP contribution in [-0.4, -0.2) is 47.2 Å². The Morgan fingerprint density at radius 3 is 1.50 bits per heavy atom. The van der Waals surface area contributed by atoms with Gasteiger partial charge in [0.15, 0.2) is 0 Å². The molecule has 158 valence electrons. The summed E-state index contributed by atoms with van der Waals surface area (Å²) in [5.41, 5.74) is 1.93. The highest BCUT2D eigenvalue weighted by molar-refractivity contribution is 5.70. The van der Waals surface area contributed by atoms with E-state index in [1.165, 1.54) is 0 Å². The van der Waals surface area contributed by atoms with Crippen LogP contribution in [0, 0.1) is 0 Å². The SMILES string of the molecule is O=C(OCc1ccccc1)N1CCC[C@H]1[C@@H]1CCCN1C(=O)OCc1ccccc1. The first-order chi connectivity index (χ1) is 14.7. The lowest BCUT2D eigenvalue weighted by Gasteiger charge is -2.34. The standard InChI is InChI=1S/C24H28N2O4/c27-23(29-17-19-9-3-1-4-10-19)25-15-7-13-21(25)22-14-8-16-26(22)24(28)30-18-20-11-5-2-6-12-20/h1-6,9-12,21-22H,7-8,13-18H2/t21-,22-/m0/s1. The average Bonchev–Trinajstić information content (AvgIpc) is 3.46. The lowest BCUT2D eigenvalue weighted by atomic mass is 10.0. The zero-order valence-corrected chi connectivity index (χ0v) is 17.1. The fourth-order valence-corrected chi connectivity index (χ4v) is 4.44. The van der Waals surface area contributed by atoms with Crippen LogP contribution in [0.25, 0.3) is 0 Å². The molecule has 2 atom stereocenters. The molecule has 2 aromatic rings. The molecule has 2 aliphatic rings. The van der Waals surface area contributed by atoms with E-state index < -0.39 is 0 Å². The van der Waals surface area contributed by atoms with Crippen LogP contribution in [-0.2, 0) is 22.7 Å². The van der Waals surface area contributed by atoms with Crippen molar-refractivity contribution in [3.63, 3.8) is 0 Å². The van der Waals surface area contributed by atoms with Gasteiger partial charge in [-0.3, -0.25) is 0 Å². The predicted octanol–water partition coefficient (Wildman–Crippen LogP) is 4.59. The van der Waals surface area contributed by atoms with Crippen molar-refractivity contribution < 1.29 is 19.1 Å². The third-order valence-corrected chi connectivity index (χ3v) is 5.92. The number of hydrogen-bond donors (Lipinski definition) is 0. The maximum Gasteiger partial charge on any atom is 0.410 e. The van der Waals surface area contributed by atoms with Crippen LogP contribution < -0.4 is 0 Å². The second-order valence-corrected chi connectivity index (χ2v) is 7.89. The fraction of sp³-hybridized carbons (Fsp3) is 0.417. The van der Waals surface area contributed by atoms with E-state index in [2.05, 4.69) is 0 Å². The fourth-order valence-electron chi connectivity index (χ4n) is 4.44. The monoisotopic (exact) mass is 408 g/mol. The summed E-state index contributed by atoms with van der Waals surface area (Å²) in [6.45, 7) is 1.86. The Hall–Kier alpha value is -3.02. The largest absolute Gasteiger partial charge is 0.445 e. The van der Waals surface area contributed by atoms with Crippen molar-refractivity contribution in [1.29, 1.82) is 0 Å². The van der Waals surface area contributed by atoms with Crippen LogP contribution in [0.1, 0.15) is 36.8 Å². The van der Waals surface area contributed by atoms with Crippen LogP contribution in [0.15, 0.2) is 60.7 Å². The van der Waals surface area contributed by atoms with Gasteiger partial charge in [-0.15, -0.1) is 0 Å². The van der Waals surface area contributed by atoms with Crippen LogP contribution in [0.2, 0.25) is 0 Å². The molecule has 2 fully saturated rings. The number of carbonyl (C=O) groups excluding carboxylic acids is 2. The van der Waals surface area contributed by atoms with E-state index in [1.54, 1.807) is 9.80 Å². The van der Waals surface area contributed by atoms with E-state index in [-0.39, 0.29) is 37.5 Å². The molecule has 2 aromatic carbocycles. The number of rotatable bonds is 5. The molecule has 30 heavy (non-hydrogen) atoms. The second-order valence-electron chi connectivity index (χ2n) is 7.89. The van der Waals surface area contributed by atoms with Crippen molar-refractivity contribution in [2.75, 3.05) is 13.1 Å². The number of likely N-dealkylation sites (tertiary alicyclic amines) is 2. The van der Waals surface area contributed by atoms with Gasteiger partial charge in [-0.05, 0) is 36.8 Å². The minimum atomic E-state index is -0.300. The van der Waals surface area contributed by atoms with E-state index in [1.807, 2.05) is 60.7 Å². The van der Waals surface area contributed by atoms with Crippen molar-refractivity contribution in [1.82, 2.24) is 9.80 Å². The summed E-state index contributed by atoms with van der Waals surface area (Å²) in [5.74, 6) is 0. The van der Waals surface area contributed by atoms with Gasteiger partial charge in [-0.2, -0.15) is 0 Å². The lowest BCUT2D eigenvalue weighted by molar-refractivity contribution is 0.0588. The number of ether oxygens (including phenoxy) is 2. The summed E-state index contributed by atoms with van der Waals surface area (Å²) in [6, 6.07) is 19.3. The molecule has 0 spiro atoms. The van der Waals surface area contributed by atoms with E-state index in [0.717, 1.165) is 36.8 Å². The van der Waals surface area contributed by atoms with Gasteiger partial charge in [-0.1, -0.05) is 60.7 Å². The predicted molar refractivity (Wildman–Crippen MR) is 113 cm³/mol. The highest BCUT2D eigenvalue weighted by Gasteiger charge is 2.42. The van der Waals surface area contributed by atoms with Gasteiger partial charge in [0.05, 0.1) is 12.1 Å². The van der Waals surface area contributed by atoms with E-state index in [0.29, 0.717) is 13.1 Å². The third-order valence-electron chi connectivity index (χ3n) is 5.92. The molecule has 0 aromatic heterocycles. The Morgan fingerprint density at radius 1 is 0.700 bits per heavy atom. The summed E-state index contributed by atoms with van der Waals surface area (Å²) in [4.78, 5) is 29.1. The Kier molecular flexibility index (Phi) is 6.52. The number of carbonyl (C=O) groups is 2. The summed E-state index contributed by atoms with van der Waals surface area (Å²) in [5, 5.41) is 0. The highest BCUT2D eigenvalue weighted by Crippen LogP contribution is 2.31. The van der Waals surface area contributed by atoms with Crippen molar-refractivity contribution in [3.05, 3.63) is 71.8 Å². The van der Waals surface area contributed by atoms with E-state index >= 15 is 0 Å². The molecule has 6 nitrogen and oxygen atoms in total. The normalized spacial score (nSPS) is 20.9. The van der Waals surface area contributed by atoms with Gasteiger partial charge in [0.1, 0.15) is 13.2 Å². The Labute approximate surface area is 177 Å². The third kappa shape index (κ3) is 4.75. The van der Waals surface area contributed by atoms with Crippen LogP contribution in [0.4, 0.5) is 9.59 Å². The first kappa shape index (κ1) is 20.3. The molecule has 2 amide bonds. The molecule has 2 aliphatic heterocycles. The first-order valence-corrected chi connectivity index (χ1v) is 10.7. The van der Waals surface area contributed by atoms with Gasteiger partial charge in [0.2, 0.25) is 0 Å². The molecule has 2 saturated heterocycles. The molecular formula is C24H28N2O4. The minimum Gasteiger partial charge on any atom is -0.445 e. The quantitative estimate of drug-likeness (QED) is 0.726. The number of amides is 2. The van der Waals surface area contributed by atoms with Gasteiger partial charge in [0, 0.05) is 13.1 Å². The lowest BCUT2D eigenvalue weighted by Crippen LogP contribution is -2.50. The zero-order valence-electron chi connectivity index (χ0n) is 17.1. The van der Waals surface area contributed by atoms with Crippen molar-refractivity contribution >= 4 is 12.2 Å². The molecule has 0 saturated carbocycles. The first-order valence-electron chi connectivity index (χ1n) is 10.7. The Morgan fingerprint density at radius 2 is 1.10 bits per heavy atom. The Balaban J connectivity index is 1.35. The number of nitrogens with zero attached hydrogens (tertiary/aromatic N) is 2. The molecule has 2 heterocycles. The van der Waals surface area contributed by atoms with Crippen LogP contribution in [0.5, 0.6) is 0 Å². The topological polar surface area (TPSA) is 59.1 Å². The van der Waals surface area contributed by atoms with Crippen LogP contribution >= 0.6 is 0 Å². The summed E-state index contributed by atoms with van der Waals surface area (Å²) in [6.07, 6.45) is 3.01. The van der Waals surface area contributed by atoms with Crippen molar-refractivity contribution in [3.8, 4) is 0 Å².